The van der Waals surface area contributed by atoms with Gasteiger partial charge in [0, 0.05) is 36.3 Å². The molecule has 0 atom stereocenters. The van der Waals surface area contributed by atoms with Crippen LogP contribution in [-0.4, -0.2) is 76.1 Å². The Bertz CT molecular complexity index is 1430. The fraction of sp³-hybridized carbons (Fsp3) is 0.303. The number of methoxy groups -OCH3 is 1. The number of benzene rings is 3. The van der Waals surface area contributed by atoms with E-state index in [0.717, 1.165) is 30.1 Å². The molecule has 3 N–H and O–H groups in total. The molecule has 0 bridgehead atoms. The van der Waals surface area contributed by atoms with Gasteiger partial charge < -0.3 is 30.2 Å². The Kier molecular flexibility index (Phi) is 13.1. The number of aliphatic imine (C=N–C) groups is 3. The van der Waals surface area contributed by atoms with E-state index in [1.54, 1.807) is 36.4 Å². The van der Waals surface area contributed by atoms with Crippen LogP contribution in [0.5, 0.6) is 0 Å². The van der Waals surface area contributed by atoms with Gasteiger partial charge in [-0.2, -0.15) is 9.98 Å². The molecular weight excluding hydrogens is 560 g/mol. The summed E-state index contributed by atoms with van der Waals surface area (Å²) in [7, 11) is 1.35. The van der Waals surface area contributed by atoms with Crippen LogP contribution in [0.3, 0.4) is 0 Å². The summed E-state index contributed by atoms with van der Waals surface area (Å²) in [5.74, 6) is 1.33. The second kappa shape index (κ2) is 17.9. The van der Waals surface area contributed by atoms with E-state index in [-0.39, 0.29) is 5.91 Å². The van der Waals surface area contributed by atoms with Gasteiger partial charge in [0.2, 0.25) is 5.96 Å². The van der Waals surface area contributed by atoms with E-state index >= 15 is 0 Å². The number of esters is 1. The van der Waals surface area contributed by atoms with Crippen molar-refractivity contribution in [1.82, 2.24) is 5.32 Å². The molecule has 11 heteroatoms. The van der Waals surface area contributed by atoms with Gasteiger partial charge in [-0.3, -0.25) is 9.79 Å². The van der Waals surface area contributed by atoms with Gasteiger partial charge in [0.05, 0.1) is 45.6 Å². The molecule has 0 unspecified atom stereocenters. The number of nitrogens with zero attached hydrogens (tertiary/aromatic N) is 3. The minimum Gasteiger partial charge on any atom is -0.465 e. The van der Waals surface area contributed by atoms with Crippen LogP contribution < -0.4 is 16.0 Å². The van der Waals surface area contributed by atoms with E-state index in [4.69, 9.17) is 24.2 Å². The Morgan fingerprint density at radius 1 is 0.750 bits per heavy atom. The van der Waals surface area contributed by atoms with E-state index in [2.05, 4.69) is 20.9 Å². The van der Waals surface area contributed by atoms with Crippen LogP contribution in [0.1, 0.15) is 40.0 Å². The van der Waals surface area contributed by atoms with Crippen LogP contribution in [-0.2, 0) is 14.2 Å². The number of rotatable bonds is 13. The smallest absolute Gasteiger partial charge is 0.337 e. The summed E-state index contributed by atoms with van der Waals surface area (Å²) in [6.45, 7) is 2.55. The van der Waals surface area contributed by atoms with Crippen LogP contribution in [0.15, 0.2) is 99.9 Å². The summed E-state index contributed by atoms with van der Waals surface area (Å²) >= 11 is 0. The molecule has 0 fully saturated rings. The molecule has 3 aromatic rings. The third-order valence-corrected chi connectivity index (χ3v) is 6.38. The summed E-state index contributed by atoms with van der Waals surface area (Å²) in [5, 5.41) is 9.46. The summed E-state index contributed by atoms with van der Waals surface area (Å²) in [6.07, 6.45) is 2.23. The molecule has 0 aliphatic carbocycles. The van der Waals surface area contributed by atoms with Gasteiger partial charge in [-0.1, -0.05) is 36.4 Å². The largest absolute Gasteiger partial charge is 0.465 e. The second-order valence-electron chi connectivity index (χ2n) is 9.68. The highest BCUT2D eigenvalue weighted by molar-refractivity contribution is 6.11. The lowest BCUT2D eigenvalue weighted by molar-refractivity contribution is 0.0512. The molecule has 0 radical (unpaired) electrons. The normalized spacial score (nSPS) is 14.1. The summed E-state index contributed by atoms with van der Waals surface area (Å²) < 4.78 is 16.0. The summed E-state index contributed by atoms with van der Waals surface area (Å²) in [5.41, 5.74) is 2.75. The molecule has 1 aliphatic heterocycles. The molecule has 44 heavy (non-hydrogen) atoms. The number of nitrogens with one attached hydrogen (secondary N) is 3. The highest BCUT2D eigenvalue weighted by Gasteiger charge is 2.12. The van der Waals surface area contributed by atoms with Crippen LogP contribution in [0.4, 0.5) is 11.4 Å². The van der Waals surface area contributed by atoms with Crippen molar-refractivity contribution in [3.63, 3.8) is 0 Å². The number of hydrogen-bond donors (Lipinski definition) is 3. The van der Waals surface area contributed by atoms with E-state index in [1.807, 2.05) is 48.5 Å². The van der Waals surface area contributed by atoms with Crippen molar-refractivity contribution in [1.29, 1.82) is 0 Å². The molecular formula is C33H38N6O5. The highest BCUT2D eigenvalue weighted by atomic mass is 16.5. The molecule has 0 aromatic heterocycles. The maximum atomic E-state index is 12.0. The summed E-state index contributed by atoms with van der Waals surface area (Å²) in [6, 6.07) is 25.9. The monoisotopic (exact) mass is 598 g/mol. The molecule has 3 aromatic carbocycles. The average molecular weight is 599 g/mol. The van der Waals surface area contributed by atoms with Crippen molar-refractivity contribution >= 4 is 40.9 Å². The van der Waals surface area contributed by atoms with Crippen molar-refractivity contribution in [2.24, 2.45) is 15.0 Å². The number of amides is 1. The molecule has 0 saturated heterocycles. The van der Waals surface area contributed by atoms with Crippen LogP contribution in [0.25, 0.3) is 0 Å². The second-order valence-corrected chi connectivity index (χ2v) is 9.68. The van der Waals surface area contributed by atoms with Gasteiger partial charge in [-0.25, -0.2) is 4.79 Å². The van der Waals surface area contributed by atoms with E-state index in [1.165, 1.54) is 7.11 Å². The van der Waals surface area contributed by atoms with Crippen molar-refractivity contribution < 1.29 is 23.8 Å². The summed E-state index contributed by atoms with van der Waals surface area (Å²) in [4.78, 5) is 38.0. The minimum atomic E-state index is -0.400. The first-order valence-corrected chi connectivity index (χ1v) is 14.6. The number of carbonyl (C=O) groups excluding carboxylic acids is 2. The lowest BCUT2D eigenvalue weighted by atomic mass is 10.2. The number of anilines is 2. The molecule has 11 nitrogen and oxygen atoms in total. The molecule has 0 spiro atoms. The van der Waals surface area contributed by atoms with E-state index < -0.39 is 5.97 Å². The lowest BCUT2D eigenvalue weighted by Crippen LogP contribution is -2.27. The maximum Gasteiger partial charge on any atom is 0.337 e. The van der Waals surface area contributed by atoms with Gasteiger partial charge in [-0.05, 0) is 55.0 Å². The quantitative estimate of drug-likeness (QED) is 0.190. The lowest BCUT2D eigenvalue weighted by Gasteiger charge is -2.15. The number of hydrogen-bond acceptors (Lipinski definition) is 9. The molecule has 1 heterocycles. The van der Waals surface area contributed by atoms with Crippen LogP contribution in [0.2, 0.25) is 0 Å². The minimum absolute atomic E-state index is 0.120. The zero-order valence-electron chi connectivity index (χ0n) is 24.8. The average Bonchev–Trinajstić information content (AvgIpc) is 3.05. The molecule has 230 valence electrons. The fourth-order valence-electron chi connectivity index (χ4n) is 4.18. The Labute approximate surface area is 257 Å². The van der Waals surface area contributed by atoms with Gasteiger partial charge in [0.25, 0.3) is 5.91 Å². The highest BCUT2D eigenvalue weighted by Crippen LogP contribution is 2.15. The first-order chi connectivity index (χ1) is 21.6. The number of carbonyl (C=O) groups is 2. The van der Waals surface area contributed by atoms with Crippen molar-refractivity contribution in [3.05, 3.63) is 96.1 Å². The predicted molar refractivity (Wildman–Crippen MR) is 173 cm³/mol. The standard InChI is InChI=1S/C33H38N6O5/c1-42-32(41)26-15-17-28(18-16-26)37-33-38-29(13-8-14-30(39-33)36-27-11-6-3-7-12-27)34-19-21-43-23-24-44-22-20-35-31(40)25-9-4-2-5-10-25/h2-7,9-12,15-18H,8,13-14,19-24H2,1H3,(H,35,40)(H2,34,36,37,38,39). The first kappa shape index (κ1) is 32.1. The third-order valence-electron chi connectivity index (χ3n) is 6.38. The fourth-order valence-corrected chi connectivity index (χ4v) is 4.18. The molecule has 1 amide bonds. The van der Waals surface area contributed by atoms with Crippen molar-refractivity contribution in [3.8, 4) is 0 Å². The molecule has 0 saturated carbocycles. The Balaban J connectivity index is 1.26. The SMILES string of the molecule is COC(=O)c1ccc(NC2=NC(=NCCOCCOCCNC(=O)c3ccccc3)CCCC(Nc3ccccc3)=N2)cc1. The number of para-hydroxylation sites is 1. The van der Waals surface area contributed by atoms with E-state index in [0.29, 0.717) is 68.9 Å². The van der Waals surface area contributed by atoms with Gasteiger partial charge in [0.15, 0.2) is 0 Å². The molecule has 4 rings (SSSR count). The Morgan fingerprint density at radius 3 is 2.16 bits per heavy atom. The van der Waals surface area contributed by atoms with Crippen molar-refractivity contribution in [2.75, 3.05) is 57.3 Å². The van der Waals surface area contributed by atoms with Gasteiger partial charge >= 0.3 is 5.97 Å². The van der Waals surface area contributed by atoms with E-state index in [9.17, 15) is 9.59 Å². The first-order valence-electron chi connectivity index (χ1n) is 14.6. The number of guanidine groups is 1. The topological polar surface area (TPSA) is 135 Å². The number of ether oxygens (including phenoxy) is 3. The Morgan fingerprint density at radius 2 is 1.43 bits per heavy atom. The Hall–Kier alpha value is -4.87. The van der Waals surface area contributed by atoms with Gasteiger partial charge in [-0.15, -0.1) is 0 Å². The molecule has 1 aliphatic rings. The zero-order chi connectivity index (χ0) is 30.8. The predicted octanol–water partition coefficient (Wildman–Crippen LogP) is 4.80. The van der Waals surface area contributed by atoms with Crippen LogP contribution in [0, 0.1) is 0 Å². The van der Waals surface area contributed by atoms with Crippen LogP contribution >= 0.6 is 0 Å². The maximum absolute atomic E-state index is 12.0. The van der Waals surface area contributed by atoms with Gasteiger partial charge in [0.1, 0.15) is 11.7 Å². The number of amidine groups is 2. The van der Waals surface area contributed by atoms with Crippen molar-refractivity contribution in [2.45, 2.75) is 19.3 Å². The third kappa shape index (κ3) is 11.1. The zero-order valence-corrected chi connectivity index (χ0v) is 24.8.